The lowest BCUT2D eigenvalue weighted by molar-refractivity contribution is 0.0951. The van der Waals surface area contributed by atoms with E-state index in [0.717, 1.165) is 10.8 Å². The third-order valence-electron chi connectivity index (χ3n) is 2.82. The number of nitrogens with two attached hydrogens (primary N) is 1. The second kappa shape index (κ2) is 5.92. The van der Waals surface area contributed by atoms with E-state index in [9.17, 15) is 14.7 Å². The first-order valence-electron chi connectivity index (χ1n) is 6.11. The second-order valence-corrected chi connectivity index (χ2v) is 4.26. The standard InChI is InChI=1S/C14H15N3O3/c15-14(20)17-6-5-16-13(19)11-7-9-3-1-2-4-10(9)8-12(11)18/h1-4,7-8,18H,5-6H2,(H,16,19)(H3,15,17,20). The number of phenolic OH excluding ortho intramolecular Hbond substituents is 1. The molecule has 0 aliphatic carbocycles. The van der Waals surface area contributed by atoms with Crippen LogP contribution < -0.4 is 16.4 Å². The van der Waals surface area contributed by atoms with Gasteiger partial charge >= 0.3 is 6.03 Å². The van der Waals surface area contributed by atoms with Gasteiger partial charge in [0.05, 0.1) is 5.56 Å². The molecular formula is C14H15N3O3. The molecule has 2 aromatic rings. The third-order valence-corrected chi connectivity index (χ3v) is 2.82. The number of primary amides is 1. The number of hydrogen-bond donors (Lipinski definition) is 4. The summed E-state index contributed by atoms with van der Waals surface area (Å²) in [5.41, 5.74) is 5.10. The van der Waals surface area contributed by atoms with E-state index < -0.39 is 11.9 Å². The molecular weight excluding hydrogens is 258 g/mol. The van der Waals surface area contributed by atoms with Crippen LogP contribution in [0.3, 0.4) is 0 Å². The summed E-state index contributed by atoms with van der Waals surface area (Å²) in [4.78, 5) is 22.4. The molecule has 0 spiro atoms. The number of aromatic hydroxyl groups is 1. The van der Waals surface area contributed by atoms with Gasteiger partial charge in [-0.25, -0.2) is 4.79 Å². The van der Waals surface area contributed by atoms with Gasteiger partial charge in [-0.1, -0.05) is 24.3 Å². The highest BCUT2D eigenvalue weighted by molar-refractivity contribution is 6.01. The van der Waals surface area contributed by atoms with E-state index >= 15 is 0 Å². The largest absolute Gasteiger partial charge is 0.507 e. The van der Waals surface area contributed by atoms with Crippen LogP contribution in [0, 0.1) is 0 Å². The molecule has 6 heteroatoms. The summed E-state index contributed by atoms with van der Waals surface area (Å²) >= 11 is 0. The van der Waals surface area contributed by atoms with Gasteiger partial charge in [-0.05, 0) is 22.9 Å². The van der Waals surface area contributed by atoms with Crippen molar-refractivity contribution in [2.24, 2.45) is 5.73 Å². The van der Waals surface area contributed by atoms with Crippen LogP contribution in [0.5, 0.6) is 5.75 Å². The fraction of sp³-hybridized carbons (Fsp3) is 0.143. The monoisotopic (exact) mass is 273 g/mol. The number of urea groups is 1. The predicted molar refractivity (Wildman–Crippen MR) is 75.5 cm³/mol. The molecule has 3 amide bonds. The maximum absolute atomic E-state index is 11.9. The number of carbonyl (C=O) groups excluding carboxylic acids is 2. The molecule has 0 heterocycles. The van der Waals surface area contributed by atoms with Crippen molar-refractivity contribution in [3.8, 4) is 5.75 Å². The lowest BCUT2D eigenvalue weighted by Crippen LogP contribution is -2.37. The zero-order valence-corrected chi connectivity index (χ0v) is 10.7. The topological polar surface area (TPSA) is 104 Å². The van der Waals surface area contributed by atoms with Gasteiger partial charge in [0.1, 0.15) is 5.75 Å². The van der Waals surface area contributed by atoms with Crippen LogP contribution in [-0.4, -0.2) is 30.1 Å². The number of fused-ring (bicyclic) bond motifs is 1. The molecule has 6 nitrogen and oxygen atoms in total. The molecule has 0 saturated carbocycles. The molecule has 104 valence electrons. The normalized spacial score (nSPS) is 10.2. The number of amides is 3. The Labute approximate surface area is 115 Å². The van der Waals surface area contributed by atoms with E-state index in [1.54, 1.807) is 12.1 Å². The molecule has 0 unspecified atom stereocenters. The molecule has 0 aliphatic heterocycles. The summed E-state index contributed by atoms with van der Waals surface area (Å²) < 4.78 is 0. The Kier molecular flexibility index (Phi) is 4.05. The Hall–Kier alpha value is -2.76. The fourth-order valence-electron chi connectivity index (χ4n) is 1.87. The quantitative estimate of drug-likeness (QED) is 0.623. The summed E-state index contributed by atoms with van der Waals surface area (Å²) in [5.74, 6) is -0.483. The van der Waals surface area contributed by atoms with Crippen LogP contribution in [-0.2, 0) is 0 Å². The van der Waals surface area contributed by atoms with Crippen molar-refractivity contribution in [2.45, 2.75) is 0 Å². The van der Waals surface area contributed by atoms with Gasteiger partial charge in [0.2, 0.25) is 0 Å². The maximum Gasteiger partial charge on any atom is 0.312 e. The lowest BCUT2D eigenvalue weighted by atomic mass is 10.1. The Morgan fingerprint density at radius 1 is 1.05 bits per heavy atom. The van der Waals surface area contributed by atoms with Crippen molar-refractivity contribution < 1.29 is 14.7 Å². The van der Waals surface area contributed by atoms with Gasteiger partial charge in [-0.15, -0.1) is 0 Å². The van der Waals surface area contributed by atoms with E-state index in [1.165, 1.54) is 0 Å². The number of rotatable bonds is 4. The molecule has 0 bridgehead atoms. The molecule has 5 N–H and O–H groups in total. The van der Waals surface area contributed by atoms with Crippen LogP contribution >= 0.6 is 0 Å². The SMILES string of the molecule is NC(=O)NCCNC(=O)c1cc2ccccc2cc1O. The summed E-state index contributed by atoms with van der Waals surface area (Å²) in [7, 11) is 0. The van der Waals surface area contributed by atoms with Crippen molar-refractivity contribution in [3.05, 3.63) is 42.0 Å². The third kappa shape index (κ3) is 3.17. The van der Waals surface area contributed by atoms with Crippen LogP contribution in [0.25, 0.3) is 10.8 Å². The summed E-state index contributed by atoms with van der Waals surface area (Å²) in [6.07, 6.45) is 0. The van der Waals surface area contributed by atoms with Gasteiger partial charge in [0.25, 0.3) is 5.91 Å². The molecule has 0 saturated heterocycles. The van der Waals surface area contributed by atoms with E-state index in [1.807, 2.05) is 24.3 Å². The van der Waals surface area contributed by atoms with Crippen molar-refractivity contribution >= 4 is 22.7 Å². The molecule has 0 aromatic heterocycles. The molecule has 20 heavy (non-hydrogen) atoms. The number of hydrogen-bond acceptors (Lipinski definition) is 3. The maximum atomic E-state index is 11.9. The highest BCUT2D eigenvalue weighted by Gasteiger charge is 2.11. The average Bonchev–Trinajstić information content (AvgIpc) is 2.42. The van der Waals surface area contributed by atoms with Crippen molar-refractivity contribution in [3.63, 3.8) is 0 Å². The van der Waals surface area contributed by atoms with Gasteiger partial charge < -0.3 is 21.5 Å². The lowest BCUT2D eigenvalue weighted by Gasteiger charge is -2.08. The zero-order valence-electron chi connectivity index (χ0n) is 10.7. The number of nitrogens with one attached hydrogen (secondary N) is 2. The first kappa shape index (κ1) is 13.7. The van der Waals surface area contributed by atoms with Crippen LogP contribution in [0.15, 0.2) is 36.4 Å². The van der Waals surface area contributed by atoms with Gasteiger partial charge in [0.15, 0.2) is 0 Å². The Balaban J connectivity index is 2.09. The Bertz CT molecular complexity index is 655. The molecule has 2 aromatic carbocycles. The highest BCUT2D eigenvalue weighted by Crippen LogP contribution is 2.24. The number of benzene rings is 2. The van der Waals surface area contributed by atoms with Crippen molar-refractivity contribution in [1.82, 2.24) is 10.6 Å². The molecule has 2 rings (SSSR count). The highest BCUT2D eigenvalue weighted by atomic mass is 16.3. The molecule has 0 aliphatic rings. The van der Waals surface area contributed by atoms with Crippen LogP contribution in [0.2, 0.25) is 0 Å². The van der Waals surface area contributed by atoms with Crippen molar-refractivity contribution in [1.29, 1.82) is 0 Å². The summed E-state index contributed by atoms with van der Waals surface area (Å²) in [6, 6.07) is 9.96. The first-order chi connectivity index (χ1) is 9.58. The summed E-state index contributed by atoms with van der Waals surface area (Å²) in [6.45, 7) is 0.462. The fourth-order valence-corrected chi connectivity index (χ4v) is 1.87. The smallest absolute Gasteiger partial charge is 0.312 e. The van der Waals surface area contributed by atoms with E-state index in [0.29, 0.717) is 0 Å². The van der Waals surface area contributed by atoms with E-state index in [-0.39, 0.29) is 24.4 Å². The molecule has 0 radical (unpaired) electrons. The average molecular weight is 273 g/mol. The minimum Gasteiger partial charge on any atom is -0.507 e. The van der Waals surface area contributed by atoms with Crippen LogP contribution in [0.4, 0.5) is 4.79 Å². The minimum atomic E-state index is -0.646. The Morgan fingerprint density at radius 2 is 1.65 bits per heavy atom. The van der Waals surface area contributed by atoms with Crippen molar-refractivity contribution in [2.75, 3.05) is 13.1 Å². The number of carbonyl (C=O) groups is 2. The van der Waals surface area contributed by atoms with Gasteiger partial charge in [0, 0.05) is 13.1 Å². The predicted octanol–water partition coefficient (Wildman–Crippen LogP) is 0.943. The zero-order chi connectivity index (χ0) is 14.5. The van der Waals surface area contributed by atoms with Gasteiger partial charge in [-0.2, -0.15) is 0 Å². The molecule has 0 atom stereocenters. The summed E-state index contributed by atoms with van der Waals surface area (Å²) in [5, 5.41) is 16.5. The first-order valence-corrected chi connectivity index (χ1v) is 6.11. The van der Waals surface area contributed by atoms with Crippen LogP contribution in [0.1, 0.15) is 10.4 Å². The minimum absolute atomic E-state index is 0.0796. The second-order valence-electron chi connectivity index (χ2n) is 4.26. The number of phenols is 1. The van der Waals surface area contributed by atoms with E-state index in [4.69, 9.17) is 5.73 Å². The molecule has 0 fully saturated rings. The van der Waals surface area contributed by atoms with Gasteiger partial charge in [-0.3, -0.25) is 4.79 Å². The Morgan fingerprint density at radius 3 is 2.30 bits per heavy atom. The van der Waals surface area contributed by atoms with E-state index in [2.05, 4.69) is 10.6 Å².